The quantitative estimate of drug-likeness (QED) is 0.571. The van der Waals surface area contributed by atoms with Gasteiger partial charge in [-0.25, -0.2) is 4.98 Å². The number of phenols is 1. The summed E-state index contributed by atoms with van der Waals surface area (Å²) in [5, 5.41) is 12.0. The van der Waals surface area contributed by atoms with E-state index in [9.17, 15) is 9.90 Å². The van der Waals surface area contributed by atoms with Crippen LogP contribution in [0.3, 0.4) is 0 Å². The van der Waals surface area contributed by atoms with Gasteiger partial charge in [-0.3, -0.25) is 4.79 Å². The molecule has 1 amide bonds. The van der Waals surface area contributed by atoms with Gasteiger partial charge in [0.15, 0.2) is 0 Å². The van der Waals surface area contributed by atoms with Crippen molar-refractivity contribution in [2.75, 3.05) is 5.73 Å². The molecule has 1 aromatic carbocycles. The zero-order chi connectivity index (χ0) is 13.8. The van der Waals surface area contributed by atoms with E-state index in [4.69, 9.17) is 10.2 Å². The Labute approximate surface area is 110 Å². The van der Waals surface area contributed by atoms with E-state index >= 15 is 0 Å². The zero-order valence-corrected chi connectivity index (χ0v) is 10.5. The fourth-order valence-corrected chi connectivity index (χ4v) is 1.59. The topological polar surface area (TPSA) is 101 Å². The number of hydrogen-bond donors (Lipinski definition) is 3. The van der Waals surface area contributed by atoms with Crippen LogP contribution in [-0.4, -0.2) is 16.0 Å². The molecule has 2 aromatic rings. The first-order valence-electron chi connectivity index (χ1n) is 5.90. The van der Waals surface area contributed by atoms with Crippen molar-refractivity contribution in [3.8, 4) is 5.75 Å². The number of nitrogens with zero attached hydrogens (tertiary/aromatic N) is 1. The van der Waals surface area contributed by atoms with Crippen LogP contribution in [0.2, 0.25) is 0 Å². The van der Waals surface area contributed by atoms with Gasteiger partial charge < -0.3 is 20.6 Å². The minimum atomic E-state index is -0.385. The molecule has 6 heteroatoms. The second-order valence-electron chi connectivity index (χ2n) is 4.03. The average molecular weight is 261 g/mol. The van der Waals surface area contributed by atoms with Crippen molar-refractivity contribution in [2.45, 2.75) is 19.9 Å². The lowest BCUT2D eigenvalue weighted by molar-refractivity contribution is 0.0947. The minimum absolute atomic E-state index is 0.0104. The van der Waals surface area contributed by atoms with Crippen LogP contribution < -0.4 is 11.1 Å². The number of phenolic OH excluding ortho intramolecular Hbond substituents is 1. The van der Waals surface area contributed by atoms with Gasteiger partial charge in [-0.15, -0.1) is 0 Å². The van der Waals surface area contributed by atoms with E-state index in [0.717, 1.165) is 12.2 Å². The molecule has 100 valence electrons. The predicted octanol–water partition coefficient (Wildman–Crippen LogP) is 1.45. The van der Waals surface area contributed by atoms with E-state index in [1.165, 1.54) is 18.2 Å². The van der Waals surface area contributed by atoms with Gasteiger partial charge in [0.25, 0.3) is 5.91 Å². The Hall–Kier alpha value is -2.50. The second kappa shape index (κ2) is 5.43. The highest BCUT2D eigenvalue weighted by atomic mass is 16.4. The number of benzene rings is 1. The predicted molar refractivity (Wildman–Crippen MR) is 69.6 cm³/mol. The maximum atomic E-state index is 11.9. The number of aromatic hydroxyl groups is 1. The van der Waals surface area contributed by atoms with Gasteiger partial charge in [0.05, 0.1) is 18.3 Å². The monoisotopic (exact) mass is 261 g/mol. The third-order valence-corrected chi connectivity index (χ3v) is 2.63. The second-order valence-corrected chi connectivity index (χ2v) is 4.03. The fraction of sp³-hybridized carbons (Fsp3) is 0.231. The van der Waals surface area contributed by atoms with Gasteiger partial charge in [-0.1, -0.05) is 6.92 Å². The average Bonchev–Trinajstić information content (AvgIpc) is 2.87. The first-order chi connectivity index (χ1) is 9.10. The SMILES string of the molecule is CCc1cnc(CNC(=O)c2cc(O)ccc2N)o1. The van der Waals surface area contributed by atoms with Crippen molar-refractivity contribution in [1.82, 2.24) is 10.3 Å². The van der Waals surface area contributed by atoms with Crippen molar-refractivity contribution >= 4 is 11.6 Å². The van der Waals surface area contributed by atoms with Crippen molar-refractivity contribution in [2.24, 2.45) is 0 Å². The highest BCUT2D eigenvalue weighted by molar-refractivity contribution is 5.99. The van der Waals surface area contributed by atoms with Gasteiger partial charge in [0, 0.05) is 12.1 Å². The zero-order valence-electron chi connectivity index (χ0n) is 10.5. The molecule has 0 radical (unpaired) electrons. The normalized spacial score (nSPS) is 10.4. The molecule has 0 aliphatic rings. The summed E-state index contributed by atoms with van der Waals surface area (Å²) in [6.45, 7) is 2.13. The molecule has 6 nitrogen and oxygen atoms in total. The number of oxazole rings is 1. The Morgan fingerprint density at radius 2 is 2.32 bits per heavy atom. The van der Waals surface area contributed by atoms with E-state index in [1.807, 2.05) is 6.92 Å². The minimum Gasteiger partial charge on any atom is -0.508 e. The van der Waals surface area contributed by atoms with Crippen LogP contribution in [0.25, 0.3) is 0 Å². The number of aryl methyl sites for hydroxylation is 1. The highest BCUT2D eigenvalue weighted by Crippen LogP contribution is 2.18. The molecule has 2 rings (SSSR count). The number of rotatable bonds is 4. The lowest BCUT2D eigenvalue weighted by Gasteiger charge is -2.06. The maximum Gasteiger partial charge on any atom is 0.253 e. The Morgan fingerprint density at radius 3 is 3.00 bits per heavy atom. The number of nitrogens with one attached hydrogen (secondary N) is 1. The standard InChI is InChI=1S/C13H15N3O3/c1-2-9-6-15-12(19-9)7-16-13(18)10-5-8(17)3-4-11(10)14/h3-6,17H,2,7,14H2,1H3,(H,16,18). The largest absolute Gasteiger partial charge is 0.508 e. The van der Waals surface area contributed by atoms with Gasteiger partial charge in [-0.2, -0.15) is 0 Å². The number of nitrogens with two attached hydrogens (primary N) is 1. The van der Waals surface area contributed by atoms with Crippen molar-refractivity contribution in [3.63, 3.8) is 0 Å². The molecule has 0 saturated carbocycles. The van der Waals surface area contributed by atoms with Crippen LogP contribution in [0.15, 0.2) is 28.8 Å². The summed E-state index contributed by atoms with van der Waals surface area (Å²) in [7, 11) is 0. The van der Waals surface area contributed by atoms with Crippen LogP contribution in [-0.2, 0) is 13.0 Å². The van der Waals surface area contributed by atoms with Crippen LogP contribution in [0.1, 0.15) is 28.9 Å². The van der Waals surface area contributed by atoms with Gasteiger partial charge in [0.2, 0.25) is 5.89 Å². The lowest BCUT2D eigenvalue weighted by Crippen LogP contribution is -2.23. The number of anilines is 1. The Bertz CT molecular complexity index is 593. The molecule has 1 heterocycles. The Kier molecular flexibility index (Phi) is 3.70. The summed E-state index contributed by atoms with van der Waals surface area (Å²) in [5.41, 5.74) is 6.20. The van der Waals surface area contributed by atoms with Crippen LogP contribution >= 0.6 is 0 Å². The summed E-state index contributed by atoms with van der Waals surface area (Å²) in [5.74, 6) is 0.804. The summed E-state index contributed by atoms with van der Waals surface area (Å²) in [6.07, 6.45) is 2.38. The number of hydrogen-bond acceptors (Lipinski definition) is 5. The summed E-state index contributed by atoms with van der Waals surface area (Å²) < 4.78 is 5.37. The molecule has 0 saturated heterocycles. The van der Waals surface area contributed by atoms with Crippen LogP contribution in [0, 0.1) is 0 Å². The Balaban J connectivity index is 2.03. The third kappa shape index (κ3) is 3.04. The highest BCUT2D eigenvalue weighted by Gasteiger charge is 2.11. The molecule has 0 atom stereocenters. The van der Waals surface area contributed by atoms with Crippen molar-refractivity contribution in [3.05, 3.63) is 41.6 Å². The molecule has 0 aliphatic carbocycles. The summed E-state index contributed by atoms with van der Waals surface area (Å²) in [4.78, 5) is 15.9. The number of carbonyl (C=O) groups excluding carboxylic acids is 1. The molecular formula is C13H15N3O3. The number of amides is 1. The third-order valence-electron chi connectivity index (χ3n) is 2.63. The Morgan fingerprint density at radius 1 is 1.53 bits per heavy atom. The number of carbonyl (C=O) groups is 1. The molecule has 0 unspecified atom stereocenters. The summed E-state index contributed by atoms with van der Waals surface area (Å²) >= 11 is 0. The molecule has 0 bridgehead atoms. The van der Waals surface area contributed by atoms with Crippen molar-refractivity contribution in [1.29, 1.82) is 0 Å². The fourth-order valence-electron chi connectivity index (χ4n) is 1.59. The first kappa shape index (κ1) is 12.9. The van der Waals surface area contributed by atoms with Crippen molar-refractivity contribution < 1.29 is 14.3 Å². The van der Waals surface area contributed by atoms with E-state index in [0.29, 0.717) is 11.6 Å². The van der Waals surface area contributed by atoms with E-state index < -0.39 is 0 Å². The lowest BCUT2D eigenvalue weighted by atomic mass is 10.1. The van der Waals surface area contributed by atoms with E-state index in [-0.39, 0.29) is 23.8 Å². The molecule has 19 heavy (non-hydrogen) atoms. The van der Waals surface area contributed by atoms with Crippen LogP contribution in [0.5, 0.6) is 5.75 Å². The molecular weight excluding hydrogens is 246 g/mol. The van der Waals surface area contributed by atoms with Gasteiger partial charge in [-0.05, 0) is 18.2 Å². The molecule has 0 aliphatic heterocycles. The number of aromatic nitrogens is 1. The molecule has 1 aromatic heterocycles. The van der Waals surface area contributed by atoms with Gasteiger partial charge >= 0.3 is 0 Å². The van der Waals surface area contributed by atoms with Gasteiger partial charge in [0.1, 0.15) is 11.5 Å². The number of nitrogen functional groups attached to an aromatic ring is 1. The first-order valence-corrected chi connectivity index (χ1v) is 5.90. The smallest absolute Gasteiger partial charge is 0.253 e. The van der Waals surface area contributed by atoms with E-state index in [2.05, 4.69) is 10.3 Å². The molecule has 4 N–H and O–H groups in total. The maximum absolute atomic E-state index is 11.9. The van der Waals surface area contributed by atoms with Crippen LogP contribution in [0.4, 0.5) is 5.69 Å². The van der Waals surface area contributed by atoms with E-state index in [1.54, 1.807) is 6.20 Å². The molecule has 0 fully saturated rings. The molecule has 0 spiro atoms. The summed E-state index contributed by atoms with van der Waals surface area (Å²) in [6, 6.07) is 4.22.